The molecule has 2 aliphatic rings. The van der Waals surface area contributed by atoms with Crippen LogP contribution in [0.3, 0.4) is 0 Å². The van der Waals surface area contributed by atoms with Crippen molar-refractivity contribution in [3.63, 3.8) is 0 Å². The third-order valence-corrected chi connectivity index (χ3v) is 4.25. The number of carboxylic acid groups (broad SMARTS) is 1. The number of imide groups is 1. The maximum Gasteiger partial charge on any atom is 0.303 e. The van der Waals surface area contributed by atoms with E-state index in [1.807, 2.05) is 0 Å². The number of aliphatic carboxylic acids is 1. The van der Waals surface area contributed by atoms with E-state index < -0.39 is 5.97 Å². The van der Waals surface area contributed by atoms with Gasteiger partial charge in [-0.05, 0) is 38.0 Å². The Bertz CT molecular complexity index is 381. The molecule has 0 radical (unpaired) electrons. The quantitative estimate of drug-likeness (QED) is 0.796. The highest BCUT2D eigenvalue weighted by Crippen LogP contribution is 2.27. The second-order valence-electron chi connectivity index (χ2n) is 5.92. The first kappa shape index (κ1) is 15.9. The van der Waals surface area contributed by atoms with Crippen molar-refractivity contribution in [1.29, 1.82) is 0 Å². The van der Waals surface area contributed by atoms with Gasteiger partial charge in [0.2, 0.25) is 11.8 Å². The lowest BCUT2D eigenvalue weighted by atomic mass is 9.91. The first-order chi connectivity index (χ1) is 10.1. The van der Waals surface area contributed by atoms with Gasteiger partial charge < -0.3 is 9.84 Å². The molecule has 6 heteroatoms. The first-order valence-corrected chi connectivity index (χ1v) is 7.73. The minimum Gasteiger partial charge on any atom is -0.481 e. The smallest absolute Gasteiger partial charge is 0.303 e. The number of amides is 2. The fourth-order valence-electron chi connectivity index (χ4n) is 3.08. The number of rotatable bonds is 4. The first-order valence-electron chi connectivity index (χ1n) is 7.73. The van der Waals surface area contributed by atoms with E-state index >= 15 is 0 Å². The van der Waals surface area contributed by atoms with E-state index in [0.717, 1.165) is 25.7 Å². The van der Waals surface area contributed by atoms with Gasteiger partial charge in [0.15, 0.2) is 0 Å². The molecule has 2 saturated heterocycles. The molecule has 1 N–H and O–H groups in total. The van der Waals surface area contributed by atoms with E-state index in [0.29, 0.717) is 25.4 Å². The Hall–Kier alpha value is -1.43. The lowest BCUT2D eigenvalue weighted by molar-refractivity contribution is -0.147. The molecule has 2 bridgehead atoms. The largest absolute Gasteiger partial charge is 0.481 e. The average molecular weight is 297 g/mol. The Morgan fingerprint density at radius 1 is 1.19 bits per heavy atom. The van der Waals surface area contributed by atoms with Gasteiger partial charge in [-0.25, -0.2) is 0 Å². The summed E-state index contributed by atoms with van der Waals surface area (Å²) in [5.74, 6) is -0.969. The van der Waals surface area contributed by atoms with Crippen molar-refractivity contribution < 1.29 is 24.2 Å². The van der Waals surface area contributed by atoms with Crippen molar-refractivity contribution >= 4 is 17.8 Å². The molecule has 0 aromatic carbocycles. The number of fused-ring (bicyclic) bond motifs is 3. The van der Waals surface area contributed by atoms with Crippen molar-refractivity contribution in [3.8, 4) is 0 Å². The van der Waals surface area contributed by atoms with Gasteiger partial charge >= 0.3 is 5.97 Å². The van der Waals surface area contributed by atoms with E-state index in [-0.39, 0.29) is 37.3 Å². The van der Waals surface area contributed by atoms with Gasteiger partial charge in [-0.3, -0.25) is 19.3 Å². The summed E-state index contributed by atoms with van der Waals surface area (Å²) in [5, 5.41) is 8.68. The number of carboxylic acids is 1. The SMILES string of the molecule is O=C(O)CCCN1C(=O)CC2CCCOC(CC2)CC1=O. The van der Waals surface area contributed by atoms with Crippen LogP contribution < -0.4 is 0 Å². The van der Waals surface area contributed by atoms with Gasteiger partial charge in [-0.2, -0.15) is 0 Å². The zero-order valence-corrected chi connectivity index (χ0v) is 12.3. The summed E-state index contributed by atoms with van der Waals surface area (Å²) in [7, 11) is 0. The second kappa shape index (κ2) is 7.54. The Morgan fingerprint density at radius 3 is 2.71 bits per heavy atom. The molecule has 21 heavy (non-hydrogen) atoms. The lowest BCUT2D eigenvalue weighted by Gasteiger charge is -2.22. The standard InChI is InChI=1S/C15H23NO5/c17-13-9-11-3-2-8-21-12(6-5-11)10-14(18)16(13)7-1-4-15(19)20/h11-12H,1-10H2,(H,19,20). The number of hydrogen-bond acceptors (Lipinski definition) is 4. The summed E-state index contributed by atoms with van der Waals surface area (Å²) in [6.07, 6.45) is 4.44. The Morgan fingerprint density at radius 2 is 1.95 bits per heavy atom. The van der Waals surface area contributed by atoms with E-state index in [1.165, 1.54) is 4.90 Å². The zero-order valence-electron chi connectivity index (χ0n) is 12.3. The summed E-state index contributed by atoms with van der Waals surface area (Å²) in [6, 6.07) is 0. The predicted molar refractivity (Wildman–Crippen MR) is 74.5 cm³/mol. The van der Waals surface area contributed by atoms with Crippen LogP contribution in [-0.4, -0.2) is 47.0 Å². The van der Waals surface area contributed by atoms with Crippen LogP contribution in [0.2, 0.25) is 0 Å². The highest BCUT2D eigenvalue weighted by Gasteiger charge is 2.30. The summed E-state index contributed by atoms with van der Waals surface area (Å²) >= 11 is 0. The van der Waals surface area contributed by atoms with Crippen LogP contribution in [0.5, 0.6) is 0 Å². The molecule has 2 atom stereocenters. The van der Waals surface area contributed by atoms with E-state index in [2.05, 4.69) is 0 Å². The molecule has 0 aromatic rings. The highest BCUT2D eigenvalue weighted by atomic mass is 16.5. The molecule has 2 unspecified atom stereocenters. The van der Waals surface area contributed by atoms with Gasteiger partial charge in [0.05, 0.1) is 12.5 Å². The Balaban J connectivity index is 2.05. The fraction of sp³-hybridized carbons (Fsp3) is 0.800. The molecule has 0 aromatic heterocycles. The number of carbonyl (C=O) groups excluding carboxylic acids is 2. The maximum absolute atomic E-state index is 12.3. The normalized spacial score (nSPS) is 27.5. The molecule has 0 saturated carbocycles. The summed E-state index contributed by atoms with van der Waals surface area (Å²) in [5.41, 5.74) is 0. The van der Waals surface area contributed by atoms with E-state index in [4.69, 9.17) is 9.84 Å². The van der Waals surface area contributed by atoms with Gasteiger partial charge in [-0.1, -0.05) is 0 Å². The van der Waals surface area contributed by atoms with Crippen molar-refractivity contribution in [1.82, 2.24) is 4.90 Å². The van der Waals surface area contributed by atoms with Crippen molar-refractivity contribution in [2.45, 2.75) is 57.5 Å². The van der Waals surface area contributed by atoms with Crippen LogP contribution in [0.25, 0.3) is 0 Å². The number of ether oxygens (including phenoxy) is 1. The van der Waals surface area contributed by atoms with Crippen LogP contribution in [0, 0.1) is 5.92 Å². The van der Waals surface area contributed by atoms with Crippen LogP contribution in [-0.2, 0) is 19.1 Å². The lowest BCUT2D eigenvalue weighted by Crippen LogP contribution is -2.39. The molecule has 2 rings (SSSR count). The van der Waals surface area contributed by atoms with Gasteiger partial charge in [0.25, 0.3) is 0 Å². The van der Waals surface area contributed by atoms with Crippen LogP contribution in [0.4, 0.5) is 0 Å². The summed E-state index contributed by atoms with van der Waals surface area (Å²) in [6.45, 7) is 0.852. The monoisotopic (exact) mass is 297 g/mol. The number of hydrogen-bond donors (Lipinski definition) is 1. The molecule has 0 spiro atoms. The molecule has 6 nitrogen and oxygen atoms in total. The van der Waals surface area contributed by atoms with Crippen molar-refractivity contribution in [3.05, 3.63) is 0 Å². The third-order valence-electron chi connectivity index (χ3n) is 4.25. The van der Waals surface area contributed by atoms with E-state index in [1.54, 1.807) is 0 Å². The Kier molecular flexibility index (Phi) is 5.73. The summed E-state index contributed by atoms with van der Waals surface area (Å²) in [4.78, 5) is 36.5. The second-order valence-corrected chi connectivity index (χ2v) is 5.92. The molecule has 118 valence electrons. The average Bonchev–Trinajstić information content (AvgIpc) is 2.43. The van der Waals surface area contributed by atoms with Crippen LogP contribution in [0.15, 0.2) is 0 Å². The van der Waals surface area contributed by atoms with Crippen molar-refractivity contribution in [2.75, 3.05) is 13.2 Å². The van der Waals surface area contributed by atoms with Crippen LogP contribution in [0.1, 0.15) is 51.4 Å². The number of nitrogens with zero attached hydrogens (tertiary/aromatic N) is 1. The molecule has 2 heterocycles. The van der Waals surface area contributed by atoms with Gasteiger partial charge in [0, 0.05) is 26.0 Å². The maximum atomic E-state index is 12.3. The molecule has 0 aliphatic carbocycles. The zero-order chi connectivity index (χ0) is 15.2. The minimum atomic E-state index is -0.906. The molecule has 2 fully saturated rings. The predicted octanol–water partition coefficient (Wildman–Crippen LogP) is 1.58. The van der Waals surface area contributed by atoms with Crippen molar-refractivity contribution in [2.24, 2.45) is 5.92 Å². The molecule has 2 amide bonds. The third kappa shape index (κ3) is 4.81. The van der Waals surface area contributed by atoms with E-state index in [9.17, 15) is 14.4 Å². The van der Waals surface area contributed by atoms with Gasteiger partial charge in [0.1, 0.15) is 0 Å². The molecular formula is C15H23NO5. The molecule has 2 aliphatic heterocycles. The molecular weight excluding hydrogens is 274 g/mol. The topological polar surface area (TPSA) is 83.9 Å². The highest BCUT2D eigenvalue weighted by molar-refractivity contribution is 5.95. The van der Waals surface area contributed by atoms with Crippen LogP contribution >= 0.6 is 0 Å². The minimum absolute atomic E-state index is 0.0274. The Labute approximate surface area is 124 Å². The summed E-state index contributed by atoms with van der Waals surface area (Å²) < 4.78 is 5.70. The van der Waals surface area contributed by atoms with Gasteiger partial charge in [-0.15, -0.1) is 0 Å². The fourth-order valence-corrected chi connectivity index (χ4v) is 3.08. The number of carbonyl (C=O) groups is 3.